The molecule has 1 unspecified atom stereocenters. The Bertz CT molecular complexity index is 189. The van der Waals surface area contributed by atoms with Gasteiger partial charge in [0.25, 0.3) is 0 Å². The largest absolute Gasteiger partial charge is 0.395 e. The van der Waals surface area contributed by atoms with Crippen molar-refractivity contribution in [1.29, 1.82) is 0 Å². The summed E-state index contributed by atoms with van der Waals surface area (Å²) in [5.41, 5.74) is -0.357. The van der Waals surface area contributed by atoms with Gasteiger partial charge in [-0.1, -0.05) is 13.3 Å². The molecule has 14 heavy (non-hydrogen) atoms. The van der Waals surface area contributed by atoms with Crippen molar-refractivity contribution >= 4 is 5.91 Å². The zero-order chi connectivity index (χ0) is 10.4. The summed E-state index contributed by atoms with van der Waals surface area (Å²) < 4.78 is 0. The molecular weight excluding hydrogens is 180 g/mol. The quantitative estimate of drug-likeness (QED) is 0.586. The number of amides is 1. The maximum Gasteiger partial charge on any atom is 0.240 e. The summed E-state index contributed by atoms with van der Waals surface area (Å²) in [5.74, 6) is 0.0471. The van der Waals surface area contributed by atoms with E-state index in [9.17, 15) is 4.79 Å². The molecule has 0 aromatic heterocycles. The van der Waals surface area contributed by atoms with Crippen LogP contribution in [0.15, 0.2) is 0 Å². The highest BCUT2D eigenvalue weighted by atomic mass is 16.3. The van der Waals surface area contributed by atoms with Crippen LogP contribution < -0.4 is 10.6 Å². The van der Waals surface area contributed by atoms with Crippen molar-refractivity contribution in [2.24, 2.45) is 0 Å². The molecule has 4 nitrogen and oxygen atoms in total. The Morgan fingerprint density at radius 2 is 2.43 bits per heavy atom. The predicted octanol–water partition coefficient (Wildman–Crippen LogP) is 0.0172. The third-order valence-electron chi connectivity index (χ3n) is 2.75. The highest BCUT2D eigenvalue weighted by molar-refractivity contribution is 5.86. The van der Waals surface area contributed by atoms with Gasteiger partial charge >= 0.3 is 0 Å². The highest BCUT2D eigenvalue weighted by Gasteiger charge is 2.39. The molecule has 1 rings (SSSR count). The smallest absolute Gasteiger partial charge is 0.240 e. The van der Waals surface area contributed by atoms with Crippen LogP contribution in [0.5, 0.6) is 0 Å². The van der Waals surface area contributed by atoms with E-state index in [1.165, 1.54) is 0 Å². The zero-order valence-electron chi connectivity index (χ0n) is 8.81. The van der Waals surface area contributed by atoms with Gasteiger partial charge in [0.1, 0.15) is 0 Å². The normalized spacial score (nSPS) is 26.4. The van der Waals surface area contributed by atoms with Crippen LogP contribution in [-0.4, -0.2) is 36.2 Å². The topological polar surface area (TPSA) is 61.4 Å². The maximum atomic E-state index is 11.8. The second-order valence-corrected chi connectivity index (χ2v) is 3.84. The molecule has 0 radical (unpaired) electrons. The van der Waals surface area contributed by atoms with Crippen LogP contribution in [0, 0.1) is 0 Å². The summed E-state index contributed by atoms with van der Waals surface area (Å²) >= 11 is 0. The van der Waals surface area contributed by atoms with Gasteiger partial charge in [-0.25, -0.2) is 0 Å². The zero-order valence-corrected chi connectivity index (χ0v) is 8.81. The maximum absolute atomic E-state index is 11.8. The average Bonchev–Trinajstić information content (AvgIpc) is 2.64. The van der Waals surface area contributed by atoms with Crippen LogP contribution >= 0.6 is 0 Å². The molecular formula is C10H20N2O2. The van der Waals surface area contributed by atoms with Gasteiger partial charge in [-0.2, -0.15) is 0 Å². The lowest BCUT2D eigenvalue weighted by Gasteiger charge is -2.27. The number of hydrogen-bond acceptors (Lipinski definition) is 3. The molecule has 1 aliphatic rings. The molecule has 1 heterocycles. The van der Waals surface area contributed by atoms with E-state index in [-0.39, 0.29) is 18.1 Å². The third-order valence-corrected chi connectivity index (χ3v) is 2.75. The molecule has 0 aromatic rings. The third kappa shape index (κ3) is 2.45. The molecule has 1 fully saturated rings. The average molecular weight is 200 g/mol. The first-order valence-corrected chi connectivity index (χ1v) is 5.39. The van der Waals surface area contributed by atoms with Crippen LogP contribution in [0.1, 0.15) is 32.6 Å². The van der Waals surface area contributed by atoms with Crippen molar-refractivity contribution in [1.82, 2.24) is 10.6 Å². The number of carbonyl (C=O) groups is 1. The Balaban J connectivity index is 2.52. The number of hydrogen-bond donors (Lipinski definition) is 3. The number of aliphatic hydroxyl groups excluding tert-OH is 1. The molecule has 0 bridgehead atoms. The lowest BCUT2D eigenvalue weighted by atomic mass is 9.91. The first-order valence-electron chi connectivity index (χ1n) is 5.39. The van der Waals surface area contributed by atoms with Gasteiger partial charge in [0, 0.05) is 6.54 Å². The molecule has 0 aromatic carbocycles. The van der Waals surface area contributed by atoms with Crippen LogP contribution in [0.4, 0.5) is 0 Å². The summed E-state index contributed by atoms with van der Waals surface area (Å²) in [6, 6.07) is 0. The molecule has 3 N–H and O–H groups in total. The van der Waals surface area contributed by atoms with Crippen molar-refractivity contribution in [3.05, 3.63) is 0 Å². The van der Waals surface area contributed by atoms with Crippen LogP contribution in [0.3, 0.4) is 0 Å². The summed E-state index contributed by atoms with van der Waals surface area (Å²) in [6.07, 6.45) is 3.86. The van der Waals surface area contributed by atoms with E-state index in [0.717, 1.165) is 32.2 Å². The van der Waals surface area contributed by atoms with E-state index in [2.05, 4.69) is 17.6 Å². The fraction of sp³-hybridized carbons (Fsp3) is 0.900. The lowest BCUT2D eigenvalue weighted by Crippen LogP contribution is -2.53. The van der Waals surface area contributed by atoms with Gasteiger partial charge in [0.2, 0.25) is 5.91 Å². The van der Waals surface area contributed by atoms with Gasteiger partial charge in [0.15, 0.2) is 0 Å². The molecule has 1 aliphatic heterocycles. The predicted molar refractivity (Wildman–Crippen MR) is 55.0 cm³/mol. The molecule has 1 amide bonds. The Morgan fingerprint density at radius 1 is 1.64 bits per heavy atom. The van der Waals surface area contributed by atoms with Gasteiger partial charge in [-0.05, 0) is 25.8 Å². The minimum atomic E-state index is -0.357. The van der Waals surface area contributed by atoms with Crippen molar-refractivity contribution in [3.63, 3.8) is 0 Å². The van der Waals surface area contributed by atoms with Gasteiger partial charge in [-0.15, -0.1) is 0 Å². The minimum Gasteiger partial charge on any atom is -0.395 e. The fourth-order valence-corrected chi connectivity index (χ4v) is 2.09. The van der Waals surface area contributed by atoms with E-state index in [0.29, 0.717) is 6.54 Å². The minimum absolute atomic E-state index is 0.00788. The lowest BCUT2D eigenvalue weighted by molar-refractivity contribution is -0.127. The fourth-order valence-electron chi connectivity index (χ4n) is 2.09. The van der Waals surface area contributed by atoms with Crippen LogP contribution in [-0.2, 0) is 4.79 Å². The first kappa shape index (κ1) is 11.5. The van der Waals surface area contributed by atoms with E-state index >= 15 is 0 Å². The molecule has 1 saturated heterocycles. The Morgan fingerprint density at radius 3 is 2.93 bits per heavy atom. The Kier molecular flexibility index (Phi) is 4.35. The molecule has 1 atom stereocenters. The van der Waals surface area contributed by atoms with E-state index in [4.69, 9.17) is 5.11 Å². The molecule has 4 heteroatoms. The van der Waals surface area contributed by atoms with E-state index in [1.54, 1.807) is 0 Å². The van der Waals surface area contributed by atoms with Crippen LogP contribution in [0.25, 0.3) is 0 Å². The highest BCUT2D eigenvalue weighted by Crippen LogP contribution is 2.24. The molecule has 0 spiro atoms. The molecule has 0 saturated carbocycles. The summed E-state index contributed by atoms with van der Waals surface area (Å²) in [5, 5.41) is 14.7. The summed E-state index contributed by atoms with van der Waals surface area (Å²) in [6.45, 7) is 3.37. The van der Waals surface area contributed by atoms with E-state index in [1.807, 2.05) is 0 Å². The van der Waals surface area contributed by atoms with Gasteiger partial charge in [-0.3, -0.25) is 4.79 Å². The van der Waals surface area contributed by atoms with Crippen molar-refractivity contribution < 1.29 is 9.90 Å². The number of aliphatic hydroxyl groups is 1. The van der Waals surface area contributed by atoms with Gasteiger partial charge < -0.3 is 15.7 Å². The number of carbonyl (C=O) groups excluding carboxylic acids is 1. The first-order chi connectivity index (χ1) is 6.75. The van der Waals surface area contributed by atoms with Gasteiger partial charge in [0.05, 0.1) is 12.1 Å². The molecule has 0 aliphatic carbocycles. The number of nitrogens with one attached hydrogen (secondary N) is 2. The second-order valence-electron chi connectivity index (χ2n) is 3.84. The Labute approximate surface area is 85.1 Å². The van der Waals surface area contributed by atoms with E-state index < -0.39 is 0 Å². The standard InChI is InChI=1S/C10H20N2O2/c1-2-4-10(5-3-6-12-10)9(14)11-7-8-13/h12-13H,2-8H2,1H3,(H,11,14). The van der Waals surface area contributed by atoms with Crippen molar-refractivity contribution in [2.75, 3.05) is 19.7 Å². The van der Waals surface area contributed by atoms with Crippen molar-refractivity contribution in [3.8, 4) is 0 Å². The molecule has 82 valence electrons. The number of rotatable bonds is 5. The summed E-state index contributed by atoms with van der Waals surface area (Å²) in [7, 11) is 0. The second kappa shape index (κ2) is 5.32. The van der Waals surface area contributed by atoms with Crippen LogP contribution in [0.2, 0.25) is 0 Å². The summed E-state index contributed by atoms with van der Waals surface area (Å²) in [4.78, 5) is 11.8. The van der Waals surface area contributed by atoms with Crippen molar-refractivity contribution in [2.45, 2.75) is 38.1 Å². The monoisotopic (exact) mass is 200 g/mol. The SMILES string of the molecule is CCCC1(C(=O)NCCO)CCCN1. The Hall–Kier alpha value is -0.610.